The molecule has 11 amide bonds. The van der Waals surface area contributed by atoms with Gasteiger partial charge in [0, 0.05) is 39.6 Å². The van der Waals surface area contributed by atoms with Crippen LogP contribution in [0.2, 0.25) is 0 Å². The van der Waals surface area contributed by atoms with Crippen LogP contribution in [0.25, 0.3) is 0 Å². The Morgan fingerprint density at radius 2 is 0.731 bits per heavy atom. The van der Waals surface area contributed by atoms with E-state index in [-0.39, 0.29) is 81.3 Å². The highest BCUT2D eigenvalue weighted by molar-refractivity contribution is 6.38. The largest absolute Gasteiger partial charge is 0.450 e. The lowest BCUT2D eigenvalue weighted by atomic mass is 9.96. The first-order chi connectivity index (χ1) is 55.9. The number of nitrogens with zero attached hydrogens (tertiary/aromatic N) is 3. The van der Waals surface area contributed by atoms with E-state index >= 15 is 0 Å². The number of carbonyl (C=O) groups is 14. The number of hydrogen-bond donors (Lipinski definition) is 8. The summed E-state index contributed by atoms with van der Waals surface area (Å²) < 4.78 is 21.9. The Kier molecular flexibility index (Phi) is 32.8. The molecule has 119 heavy (non-hydrogen) atoms. The molecule has 29 nitrogen and oxygen atoms in total. The van der Waals surface area contributed by atoms with E-state index in [0.29, 0.717) is 83.1 Å². The number of alkyl carbamates (subject to hydrolysis) is 3. The van der Waals surface area contributed by atoms with Gasteiger partial charge in [0.05, 0.1) is 18.1 Å². The molecule has 5 aliphatic carbocycles. The van der Waals surface area contributed by atoms with Gasteiger partial charge in [-0.25, -0.2) is 14.4 Å². The molecule has 670 valence electrons. The molecule has 0 aromatic carbocycles. The monoisotopic (exact) mass is 1670 g/mol. The normalized spacial score (nSPS) is 31.2. The smallest absolute Gasteiger partial charge is 0.408 e. The van der Waals surface area contributed by atoms with Gasteiger partial charge in [-0.2, -0.15) is 0 Å². The minimum Gasteiger partial charge on any atom is -0.450 e. The lowest BCUT2D eigenvalue weighted by Gasteiger charge is -2.35. The van der Waals surface area contributed by atoms with Crippen molar-refractivity contribution < 1.29 is 86.1 Å². The zero-order chi connectivity index (χ0) is 87.3. The molecule has 29 heteroatoms. The van der Waals surface area contributed by atoms with Gasteiger partial charge in [-0.15, -0.1) is 0 Å². The second kappa shape index (κ2) is 41.0. The summed E-state index contributed by atoms with van der Waals surface area (Å²) in [6.07, 6.45) is 24.7. The number of piperidine rings is 3. The molecule has 11 rings (SSSR count). The second-order valence-corrected chi connectivity index (χ2v) is 41.1. The molecule has 16 atom stereocenters. The highest BCUT2D eigenvalue weighted by atomic mass is 16.6. The fourth-order valence-corrected chi connectivity index (χ4v) is 19.4. The van der Waals surface area contributed by atoms with E-state index in [1.54, 1.807) is 77.0 Å². The van der Waals surface area contributed by atoms with Crippen LogP contribution < -0.4 is 42.5 Å². The molecule has 8 N–H and O–H groups in total. The van der Waals surface area contributed by atoms with Crippen molar-refractivity contribution in [3.05, 3.63) is 0 Å². The Morgan fingerprint density at radius 3 is 1.07 bits per heavy atom. The maximum absolute atomic E-state index is 14.2. The van der Waals surface area contributed by atoms with Crippen LogP contribution in [0.15, 0.2) is 0 Å². The molecule has 0 aromatic rings. The fraction of sp³-hybridized carbons (Fsp3) is 0.844. The average molecular weight is 1670 g/mol. The van der Waals surface area contributed by atoms with Gasteiger partial charge in [-0.3, -0.25) is 47.9 Å². The van der Waals surface area contributed by atoms with Crippen molar-refractivity contribution in [2.75, 3.05) is 32.7 Å². The van der Waals surface area contributed by atoms with Gasteiger partial charge in [0.15, 0.2) is 6.10 Å². The van der Waals surface area contributed by atoms with Crippen molar-refractivity contribution in [3.8, 4) is 0 Å². The third kappa shape index (κ3) is 26.9. The number of fused-ring (bicyclic) bond motifs is 9. The molecule has 0 aromatic heterocycles. The maximum Gasteiger partial charge on any atom is 0.408 e. The summed E-state index contributed by atoms with van der Waals surface area (Å²) in [5, 5.41) is 22.9. The summed E-state index contributed by atoms with van der Waals surface area (Å²) >= 11 is 0. The van der Waals surface area contributed by atoms with Gasteiger partial charge in [0.2, 0.25) is 41.2 Å². The molecule has 6 saturated heterocycles. The lowest BCUT2D eigenvalue weighted by molar-refractivity contribution is -0.157. The number of nitrogens with one attached hydrogen (secondary N) is 8. The van der Waals surface area contributed by atoms with Crippen molar-refractivity contribution in [3.63, 3.8) is 0 Å². The van der Waals surface area contributed by atoms with Crippen LogP contribution in [0.5, 0.6) is 0 Å². The Morgan fingerprint density at radius 1 is 0.420 bits per heavy atom. The highest BCUT2D eigenvalue weighted by Crippen LogP contribution is 2.67. The number of ketones is 1. The number of aldehydes is 1. The summed E-state index contributed by atoms with van der Waals surface area (Å²) in [5.41, 5.74) is -2.36. The van der Waals surface area contributed by atoms with E-state index in [2.05, 4.69) is 84.1 Å². The van der Waals surface area contributed by atoms with Crippen molar-refractivity contribution in [2.24, 2.45) is 63.6 Å². The van der Waals surface area contributed by atoms with Gasteiger partial charge in [0.1, 0.15) is 59.3 Å². The van der Waals surface area contributed by atoms with Gasteiger partial charge < -0.3 is 81.0 Å². The number of rotatable bonds is 13. The van der Waals surface area contributed by atoms with Gasteiger partial charge >= 0.3 is 24.2 Å². The Hall–Kier alpha value is -7.62. The molecular formula is C90H147N11O18. The second-order valence-electron chi connectivity index (χ2n) is 41.1. The molecule has 0 bridgehead atoms. The minimum absolute atomic E-state index is 0.0234. The molecule has 0 spiro atoms. The minimum atomic E-state index is -1.16. The van der Waals surface area contributed by atoms with E-state index in [1.165, 1.54) is 6.92 Å². The topological polar surface area (TPSA) is 382 Å². The summed E-state index contributed by atoms with van der Waals surface area (Å²) in [5.74, 6) is -2.70. The van der Waals surface area contributed by atoms with E-state index < -0.39 is 125 Å². The van der Waals surface area contributed by atoms with E-state index in [1.807, 2.05) is 0 Å². The lowest BCUT2D eigenvalue weighted by Crippen LogP contribution is -2.59. The zero-order valence-electron chi connectivity index (χ0n) is 74.6. The highest BCUT2D eigenvalue weighted by Gasteiger charge is 2.72. The third-order valence-electron chi connectivity index (χ3n) is 26.9. The first-order valence-electron chi connectivity index (χ1n) is 45.5. The number of ether oxygens (including phenoxy) is 4. The fourth-order valence-electron chi connectivity index (χ4n) is 19.4. The van der Waals surface area contributed by atoms with Crippen molar-refractivity contribution in [2.45, 2.75) is 387 Å². The molecular weight excluding hydrogens is 1520 g/mol. The molecule has 6 heterocycles. The predicted molar refractivity (Wildman–Crippen MR) is 447 cm³/mol. The maximum atomic E-state index is 14.2. The van der Waals surface area contributed by atoms with Crippen molar-refractivity contribution >= 4 is 83.6 Å². The van der Waals surface area contributed by atoms with Crippen LogP contribution in [-0.4, -0.2) is 208 Å². The van der Waals surface area contributed by atoms with Crippen LogP contribution in [0.4, 0.5) is 14.4 Å². The molecule has 6 aliphatic heterocycles. The Labute approximate surface area is 707 Å². The summed E-state index contributed by atoms with van der Waals surface area (Å²) in [6.45, 7) is 32.3. The van der Waals surface area contributed by atoms with E-state index in [9.17, 15) is 67.1 Å². The van der Waals surface area contributed by atoms with Gasteiger partial charge in [0.25, 0.3) is 11.8 Å². The Bertz CT molecular complexity index is 3590. The van der Waals surface area contributed by atoms with Gasteiger partial charge in [-0.1, -0.05) is 176 Å². The van der Waals surface area contributed by atoms with Crippen LogP contribution in [-0.2, 0) is 71.7 Å². The number of hydrogen-bond acceptors (Lipinski definition) is 18. The predicted octanol–water partition coefficient (Wildman–Crippen LogP) is 10.9. The molecule has 5 saturated carbocycles. The molecule has 1 unspecified atom stereocenters. The quantitative estimate of drug-likeness (QED) is 0.0367. The molecule has 11 aliphatic rings. The van der Waals surface area contributed by atoms with Gasteiger partial charge in [-0.05, 0) is 190 Å². The van der Waals surface area contributed by atoms with Crippen LogP contribution in [0, 0.1) is 63.6 Å². The van der Waals surface area contributed by atoms with E-state index in [0.717, 1.165) is 167 Å². The van der Waals surface area contributed by atoms with E-state index in [4.69, 9.17) is 18.9 Å². The standard InChI is InChI=1S/C33H54N4O7.C31H50N4O6.C26H43N3O5/c1-20(38)43-27(29(40)34-18-21-16-17-21)23-14-12-10-8-7-9-11-13-15-24(36-31(42)44-32(2,3)4)30(41)37-19-22-25(33(22,5)6)26(37)28(39)35-23;1-30(2,3)41-29(40)34-22-14-12-10-8-6-7-9-11-13-21(25(36)27(38)32-17-19-15-16-19)33-26(37)24-23-20(31(23,4)5)18-35(24)28(22)39;1-25(2,3)34-24(33)28-19-14-12-10-8-6-7-9-11-13-17(16-30)27-22(31)21-20-18(26(20,4)5)15-29(21)23(19)32/h21-27H,7-19H2,1-6H3,(H,34,40)(H,35,39)(H,36,42);19-24H,6-18H2,1-5H3,(H,32,38)(H,33,37)(H,34,40);16-21H,6-15H2,1-5H3,(H,27,31)(H,28,33)/t22-,23-,24-,25-,26-,27?;20-,21-,22-,23-,24-;17-,18-,19-,20-,21-/m000/s1. The number of esters is 1. The first-order valence-corrected chi connectivity index (χ1v) is 45.5. The summed E-state index contributed by atoms with van der Waals surface area (Å²) in [7, 11) is 0. The number of amides is 11. The van der Waals surface area contributed by atoms with Crippen molar-refractivity contribution in [1.29, 1.82) is 0 Å². The third-order valence-corrected chi connectivity index (χ3v) is 26.9. The number of Topliss-reactive ketones (excluding diaryl/α,β-unsaturated/α-hetero) is 1. The Balaban J connectivity index is 0.000000205. The summed E-state index contributed by atoms with van der Waals surface area (Å²) in [6, 6.07) is -6.68. The average Bonchev–Trinajstić information content (AvgIpc) is 1.54. The number of carbonyl (C=O) groups excluding carboxylic acids is 14. The van der Waals surface area contributed by atoms with Crippen LogP contribution >= 0.6 is 0 Å². The van der Waals surface area contributed by atoms with Crippen LogP contribution in [0.1, 0.15) is 310 Å². The molecule has 11 fully saturated rings. The first kappa shape index (κ1) is 95.2. The SMILES string of the molecule is CC(=O)OC(C(=O)NCC1CC1)[C@@H]1CCCCCCCCC[C@H](NC(=O)OC(C)(C)C)C(=O)N2C[C@H]3[C@@H]([C@H]2C(=O)N1)C3(C)C.CC(C)(C)OC(=O)N[C@H]1CCCCCCCCC[C@@H](C(=O)C(=O)NCC2CC2)NC(=O)[C@@H]2[C@@H]3[C@H](CN2C1=O)C3(C)C.CC(C)(C)OC(=O)N[C@H]1CCCCCCCCC[C@@H](C=O)NC(=O)[C@@H]2[C@@H]3[C@H](CN2C1=O)C3(C)C. The molecule has 0 radical (unpaired) electrons. The van der Waals surface area contributed by atoms with Crippen molar-refractivity contribution in [1.82, 2.24) is 57.2 Å². The van der Waals surface area contributed by atoms with Crippen LogP contribution in [0.3, 0.4) is 0 Å². The summed E-state index contributed by atoms with van der Waals surface area (Å²) in [4.78, 5) is 189. The zero-order valence-corrected chi connectivity index (χ0v) is 74.6.